The maximum absolute atomic E-state index is 6.25. The van der Waals surface area contributed by atoms with Crippen LogP contribution in [-0.4, -0.2) is 23.1 Å². The largest absolute Gasteiger partial charge is 0.413 e. The lowest BCUT2D eigenvalue weighted by Crippen LogP contribution is -2.40. The van der Waals surface area contributed by atoms with Crippen molar-refractivity contribution in [2.45, 2.75) is 45.5 Å². The summed E-state index contributed by atoms with van der Waals surface area (Å²) in [6.07, 6.45) is 5.86. The summed E-state index contributed by atoms with van der Waals surface area (Å²) < 4.78 is 10.1. The molecule has 26 heavy (non-hydrogen) atoms. The summed E-state index contributed by atoms with van der Waals surface area (Å²) in [5, 5.41) is 12.6. The molecule has 0 amide bonds. The number of hydrogen-bond acceptors (Lipinski definition) is 4. The van der Waals surface area contributed by atoms with E-state index >= 15 is 0 Å². The van der Waals surface area contributed by atoms with Crippen molar-refractivity contribution in [3.05, 3.63) is 47.8 Å². The highest BCUT2D eigenvalue weighted by Crippen LogP contribution is 2.37. The molecule has 0 radical (unpaired) electrons. The Balaban J connectivity index is 2.03. The van der Waals surface area contributed by atoms with Gasteiger partial charge < -0.3 is 8.99 Å². The highest BCUT2D eigenvalue weighted by Gasteiger charge is 2.36. The molecule has 0 aliphatic carbocycles. The number of imidazole rings is 1. The molecule has 2 rings (SSSR count). The normalized spacial score (nSPS) is 13.7. The molecule has 142 valence electrons. The van der Waals surface area contributed by atoms with E-state index in [0.717, 1.165) is 16.9 Å². The average Bonchev–Trinajstić information content (AvgIpc) is 2.93. The van der Waals surface area contributed by atoms with E-state index in [4.69, 9.17) is 4.43 Å². The van der Waals surface area contributed by atoms with Crippen LogP contribution in [0.25, 0.3) is 0 Å². The number of aromatic nitrogens is 2. The molecule has 1 aromatic heterocycles. The van der Waals surface area contributed by atoms with E-state index < -0.39 is 8.32 Å². The van der Waals surface area contributed by atoms with E-state index in [1.54, 1.807) is 11.9 Å². The summed E-state index contributed by atoms with van der Waals surface area (Å²) in [6.45, 7) is 11.9. The average molecular weight is 392 g/mol. The Hall–Kier alpha value is -1.64. The number of hydrogen-bond donors (Lipinski definition) is 0. The van der Waals surface area contributed by atoms with E-state index in [9.17, 15) is 0 Å². The van der Waals surface area contributed by atoms with Crippen molar-refractivity contribution in [1.82, 2.24) is 8.54 Å². The second-order valence-electron chi connectivity index (χ2n) is 7.72. The van der Waals surface area contributed by atoms with Crippen LogP contribution < -0.4 is 5.62 Å². The minimum atomic E-state index is -1.73. The molecule has 0 saturated carbocycles. The first kappa shape index (κ1) is 20.7. The van der Waals surface area contributed by atoms with Crippen LogP contribution in [-0.2, 0) is 18.1 Å². The van der Waals surface area contributed by atoms with E-state index in [1.807, 2.05) is 58.5 Å². The Labute approximate surface area is 161 Å². The monoisotopic (exact) mass is 391 g/mol. The van der Waals surface area contributed by atoms with Gasteiger partial charge in [-0.25, -0.2) is 0 Å². The predicted molar refractivity (Wildman–Crippen MR) is 111 cm³/mol. The minimum Gasteiger partial charge on any atom is -0.413 e. The van der Waals surface area contributed by atoms with Crippen LogP contribution in [0.1, 0.15) is 26.3 Å². The minimum absolute atomic E-state index is 0.216. The fourth-order valence-corrected chi connectivity index (χ4v) is 3.42. The number of benzene rings is 1. The summed E-state index contributed by atoms with van der Waals surface area (Å²) >= 11 is 1.56. The fourth-order valence-electron chi connectivity index (χ4n) is 1.96. The molecule has 0 N–H and O–H groups in total. The molecule has 8 heteroatoms. The van der Waals surface area contributed by atoms with Gasteiger partial charge in [-0.15, -0.1) is 5.11 Å². The Morgan fingerprint density at radius 1 is 1.12 bits per heavy atom. The van der Waals surface area contributed by atoms with Gasteiger partial charge in [0.25, 0.3) is 0 Å². The molecule has 1 heterocycles. The molecular formula is C18H29N5OSSi. The summed E-state index contributed by atoms with van der Waals surface area (Å²) in [4.78, 5) is 0. The van der Waals surface area contributed by atoms with Crippen molar-refractivity contribution in [2.75, 3.05) is 6.26 Å². The van der Waals surface area contributed by atoms with Gasteiger partial charge in [-0.05, 0) is 53.0 Å². The van der Waals surface area contributed by atoms with Crippen molar-refractivity contribution >= 4 is 26.0 Å². The maximum atomic E-state index is 6.25. The molecule has 0 aliphatic rings. The molecule has 1 aromatic carbocycles. The van der Waals surface area contributed by atoms with Gasteiger partial charge in [-0.2, -0.15) is 0 Å². The lowest BCUT2D eigenvalue weighted by Gasteiger charge is -2.36. The lowest BCUT2D eigenvalue weighted by atomic mass is 10.2. The Morgan fingerprint density at radius 3 is 2.35 bits per heavy atom. The second kappa shape index (κ2) is 8.37. The van der Waals surface area contributed by atoms with Crippen LogP contribution in [0.15, 0.2) is 52.1 Å². The zero-order chi connectivity index (χ0) is 19.4. The zero-order valence-electron chi connectivity index (χ0n) is 16.7. The van der Waals surface area contributed by atoms with Gasteiger partial charge in [0, 0.05) is 25.7 Å². The van der Waals surface area contributed by atoms with Gasteiger partial charge in [-0.1, -0.05) is 38.0 Å². The third kappa shape index (κ3) is 5.18. The van der Waals surface area contributed by atoms with Crippen LogP contribution in [0.3, 0.4) is 0 Å². The molecule has 6 nitrogen and oxygen atoms in total. The summed E-state index contributed by atoms with van der Waals surface area (Å²) in [5.41, 5.74) is 2.66. The van der Waals surface area contributed by atoms with Gasteiger partial charge >= 0.3 is 0 Å². The van der Waals surface area contributed by atoms with Gasteiger partial charge in [-0.3, -0.25) is 3.97 Å². The molecule has 0 atom stereocenters. The standard InChI is InChI=1S/C18H29N5OSSi/c1-18(2,3)26(6,7)24-14-15-8-10-16(11-9-15)19-21-20-17-22(4)12-13-23(17)25-5/h8-13H,14H2,1-7H3/b20-17-,21-19+. The van der Waals surface area contributed by atoms with E-state index in [2.05, 4.69) is 49.3 Å². The highest BCUT2D eigenvalue weighted by molar-refractivity contribution is 7.97. The van der Waals surface area contributed by atoms with Crippen LogP contribution in [0, 0.1) is 0 Å². The third-order valence-corrected chi connectivity index (χ3v) is 9.93. The molecule has 0 aliphatic heterocycles. The van der Waals surface area contributed by atoms with Crippen LogP contribution in [0.2, 0.25) is 18.1 Å². The first-order valence-electron chi connectivity index (χ1n) is 8.60. The van der Waals surface area contributed by atoms with Crippen LogP contribution >= 0.6 is 11.9 Å². The van der Waals surface area contributed by atoms with Crippen molar-refractivity contribution < 1.29 is 4.43 Å². The van der Waals surface area contributed by atoms with Gasteiger partial charge in [0.15, 0.2) is 8.32 Å². The number of rotatable bonds is 6. The van der Waals surface area contributed by atoms with E-state index in [1.165, 1.54) is 0 Å². The van der Waals surface area contributed by atoms with E-state index in [-0.39, 0.29) is 5.04 Å². The Kier molecular flexibility index (Phi) is 6.65. The van der Waals surface area contributed by atoms with Gasteiger partial charge in [0.1, 0.15) is 0 Å². The second-order valence-corrected chi connectivity index (χ2v) is 13.3. The first-order chi connectivity index (χ1) is 12.1. The fraction of sp³-hybridized carbons (Fsp3) is 0.500. The van der Waals surface area contributed by atoms with Crippen LogP contribution in [0.5, 0.6) is 0 Å². The smallest absolute Gasteiger partial charge is 0.241 e. The quantitative estimate of drug-likeness (QED) is 0.392. The SMILES string of the molecule is CSn1ccn(C)/c1=N/N=N/c1ccc(CO[Si](C)(C)C(C)(C)C)cc1. The molecule has 0 bridgehead atoms. The topological polar surface area (TPSA) is 56.2 Å². The Bertz CT molecular complexity index is 815. The zero-order valence-corrected chi connectivity index (χ0v) is 18.5. The molecular weight excluding hydrogens is 362 g/mol. The molecule has 0 unspecified atom stereocenters. The first-order valence-corrected chi connectivity index (χ1v) is 12.7. The third-order valence-electron chi connectivity index (χ3n) is 4.77. The highest BCUT2D eigenvalue weighted by atomic mass is 32.2. The summed E-state index contributed by atoms with van der Waals surface area (Å²) in [5.74, 6) is 0. The van der Waals surface area contributed by atoms with E-state index in [0.29, 0.717) is 6.61 Å². The van der Waals surface area contributed by atoms with Crippen LogP contribution in [0.4, 0.5) is 5.69 Å². The van der Waals surface area contributed by atoms with Gasteiger partial charge in [0.2, 0.25) is 5.62 Å². The summed E-state index contributed by atoms with van der Waals surface area (Å²) in [7, 11) is 0.198. The lowest BCUT2D eigenvalue weighted by molar-refractivity contribution is 0.276. The molecule has 0 fully saturated rings. The summed E-state index contributed by atoms with van der Waals surface area (Å²) in [6, 6.07) is 7.95. The predicted octanol–water partition coefficient (Wildman–Crippen LogP) is 5.07. The van der Waals surface area contributed by atoms with Crippen molar-refractivity contribution in [1.29, 1.82) is 0 Å². The molecule has 0 saturated heterocycles. The van der Waals surface area contributed by atoms with Gasteiger partial charge in [0.05, 0.1) is 12.3 Å². The number of aryl methyl sites for hydroxylation is 1. The van der Waals surface area contributed by atoms with Crippen molar-refractivity contribution in [3.63, 3.8) is 0 Å². The van der Waals surface area contributed by atoms with Crippen molar-refractivity contribution in [2.24, 2.45) is 22.5 Å². The molecule has 2 aromatic rings. The maximum Gasteiger partial charge on any atom is 0.241 e. The van der Waals surface area contributed by atoms with Crippen molar-refractivity contribution in [3.8, 4) is 0 Å². The molecule has 0 spiro atoms. The number of nitrogens with zero attached hydrogens (tertiary/aromatic N) is 5. The Morgan fingerprint density at radius 2 is 1.77 bits per heavy atom.